The van der Waals surface area contributed by atoms with Crippen LogP contribution in [0, 0.1) is 11.3 Å². The lowest BCUT2D eigenvalue weighted by molar-refractivity contribution is -0.130. The Bertz CT molecular complexity index is 301. The fraction of sp³-hybridized carbons (Fsp3) is 0.786. The maximum Gasteiger partial charge on any atom is 0.161 e. The van der Waals surface area contributed by atoms with Gasteiger partial charge in [0.05, 0.1) is 0 Å². The third kappa shape index (κ3) is 1.56. The van der Waals surface area contributed by atoms with Crippen LogP contribution in [-0.4, -0.2) is 5.78 Å². The van der Waals surface area contributed by atoms with Crippen LogP contribution >= 0.6 is 0 Å². The summed E-state index contributed by atoms with van der Waals surface area (Å²) in [5.74, 6) is 0.918. The molecular formula is C14H20O. The quantitative estimate of drug-likeness (QED) is 0.671. The van der Waals surface area contributed by atoms with E-state index in [2.05, 4.69) is 6.08 Å². The van der Waals surface area contributed by atoms with Gasteiger partial charge in [-0.25, -0.2) is 0 Å². The van der Waals surface area contributed by atoms with Crippen LogP contribution in [-0.2, 0) is 4.79 Å². The number of rotatable bonds is 2. The van der Waals surface area contributed by atoms with E-state index >= 15 is 0 Å². The number of ketones is 1. The van der Waals surface area contributed by atoms with E-state index < -0.39 is 0 Å². The summed E-state index contributed by atoms with van der Waals surface area (Å²) >= 11 is 0. The SMILES string of the molecule is O=C(C1=CCCCC1)C1CC2(CCC2)C1. The van der Waals surface area contributed by atoms with Gasteiger partial charge in [-0.15, -0.1) is 0 Å². The molecule has 0 aromatic carbocycles. The molecule has 1 spiro atoms. The normalized spacial score (nSPS) is 29.2. The molecule has 1 nitrogen and oxygen atoms in total. The van der Waals surface area contributed by atoms with Gasteiger partial charge >= 0.3 is 0 Å². The first-order valence-electron chi connectivity index (χ1n) is 6.52. The van der Waals surface area contributed by atoms with E-state index in [1.807, 2.05) is 0 Å². The van der Waals surface area contributed by atoms with Gasteiger partial charge in [0.25, 0.3) is 0 Å². The zero-order valence-electron chi connectivity index (χ0n) is 9.43. The van der Waals surface area contributed by atoms with Crippen molar-refractivity contribution < 1.29 is 4.79 Å². The van der Waals surface area contributed by atoms with E-state index in [4.69, 9.17) is 0 Å². The molecule has 2 saturated carbocycles. The van der Waals surface area contributed by atoms with Gasteiger partial charge in [-0.3, -0.25) is 4.79 Å². The van der Waals surface area contributed by atoms with Crippen molar-refractivity contribution in [3.8, 4) is 0 Å². The summed E-state index contributed by atoms with van der Waals surface area (Å²) in [6.07, 6.45) is 13.5. The first-order valence-corrected chi connectivity index (χ1v) is 6.52. The summed E-state index contributed by atoms with van der Waals surface area (Å²) in [7, 11) is 0. The van der Waals surface area contributed by atoms with Crippen LogP contribution < -0.4 is 0 Å². The molecule has 0 aromatic heterocycles. The predicted molar refractivity (Wildman–Crippen MR) is 60.6 cm³/mol. The lowest BCUT2D eigenvalue weighted by Crippen LogP contribution is -2.46. The van der Waals surface area contributed by atoms with E-state index in [0.717, 1.165) is 12.8 Å². The number of carbonyl (C=O) groups excluding carboxylic acids is 1. The smallest absolute Gasteiger partial charge is 0.161 e. The molecule has 0 saturated heterocycles. The second-order valence-corrected chi connectivity index (χ2v) is 5.80. The maximum atomic E-state index is 12.1. The zero-order valence-corrected chi connectivity index (χ0v) is 9.43. The molecule has 0 bridgehead atoms. The van der Waals surface area contributed by atoms with Crippen molar-refractivity contribution in [1.82, 2.24) is 0 Å². The minimum atomic E-state index is 0.412. The summed E-state index contributed by atoms with van der Waals surface area (Å²) in [6, 6.07) is 0. The van der Waals surface area contributed by atoms with Gasteiger partial charge in [-0.05, 0) is 62.4 Å². The molecule has 82 valence electrons. The van der Waals surface area contributed by atoms with Crippen molar-refractivity contribution in [3.05, 3.63) is 11.6 Å². The standard InChI is InChI=1S/C14H20O/c15-13(11-5-2-1-3-6-11)12-9-14(10-12)7-4-8-14/h5,12H,1-4,6-10H2. The van der Waals surface area contributed by atoms with Gasteiger partial charge < -0.3 is 0 Å². The Morgan fingerprint density at radius 3 is 2.53 bits per heavy atom. The molecule has 0 aliphatic heterocycles. The van der Waals surface area contributed by atoms with Gasteiger partial charge in [0, 0.05) is 5.92 Å². The first kappa shape index (κ1) is 9.62. The average Bonchev–Trinajstić information content (AvgIpc) is 2.14. The Hall–Kier alpha value is -0.590. The molecule has 0 aromatic rings. The van der Waals surface area contributed by atoms with E-state index in [-0.39, 0.29) is 0 Å². The van der Waals surface area contributed by atoms with Crippen LogP contribution in [0.5, 0.6) is 0 Å². The van der Waals surface area contributed by atoms with Crippen LogP contribution in [0.15, 0.2) is 11.6 Å². The summed E-state index contributed by atoms with van der Waals surface area (Å²) in [6.45, 7) is 0. The molecule has 0 amide bonds. The maximum absolute atomic E-state index is 12.1. The number of allylic oxidation sites excluding steroid dienone is 2. The Morgan fingerprint density at radius 1 is 1.20 bits per heavy atom. The summed E-state index contributed by atoms with van der Waals surface area (Å²) in [5, 5.41) is 0. The van der Waals surface area contributed by atoms with Gasteiger partial charge in [0.15, 0.2) is 5.78 Å². The average molecular weight is 204 g/mol. The highest BCUT2D eigenvalue weighted by molar-refractivity contribution is 5.97. The van der Waals surface area contributed by atoms with Crippen molar-refractivity contribution in [3.63, 3.8) is 0 Å². The van der Waals surface area contributed by atoms with E-state index in [9.17, 15) is 4.79 Å². The second-order valence-electron chi connectivity index (χ2n) is 5.80. The molecule has 0 unspecified atom stereocenters. The van der Waals surface area contributed by atoms with Gasteiger partial charge in [0.1, 0.15) is 0 Å². The van der Waals surface area contributed by atoms with E-state index in [1.165, 1.54) is 50.5 Å². The lowest BCUT2D eigenvalue weighted by atomic mass is 9.50. The molecule has 2 fully saturated rings. The minimum absolute atomic E-state index is 0.412. The predicted octanol–water partition coefficient (Wildman–Crippen LogP) is 3.64. The fourth-order valence-electron chi connectivity index (χ4n) is 3.58. The van der Waals surface area contributed by atoms with Crippen LogP contribution in [0.4, 0.5) is 0 Å². The number of hydrogen-bond donors (Lipinski definition) is 0. The molecule has 1 heteroatoms. The largest absolute Gasteiger partial charge is 0.294 e. The minimum Gasteiger partial charge on any atom is -0.294 e. The number of Topliss-reactive ketones (excluding diaryl/α,β-unsaturated/α-hetero) is 1. The third-order valence-electron chi connectivity index (χ3n) is 4.75. The van der Waals surface area contributed by atoms with Crippen LogP contribution in [0.2, 0.25) is 0 Å². The summed E-state index contributed by atoms with van der Waals surface area (Å²) < 4.78 is 0. The molecule has 3 aliphatic carbocycles. The van der Waals surface area contributed by atoms with Crippen LogP contribution in [0.3, 0.4) is 0 Å². The number of hydrogen-bond acceptors (Lipinski definition) is 1. The Balaban J connectivity index is 1.59. The van der Waals surface area contributed by atoms with Crippen molar-refractivity contribution in [2.75, 3.05) is 0 Å². The highest BCUT2D eigenvalue weighted by Gasteiger charge is 2.50. The van der Waals surface area contributed by atoms with Crippen molar-refractivity contribution in [2.24, 2.45) is 11.3 Å². The third-order valence-corrected chi connectivity index (χ3v) is 4.75. The monoisotopic (exact) mass is 204 g/mol. The first-order chi connectivity index (χ1) is 7.29. The zero-order chi connectivity index (χ0) is 10.3. The van der Waals surface area contributed by atoms with E-state index in [1.54, 1.807) is 0 Å². The van der Waals surface area contributed by atoms with Crippen LogP contribution in [0.1, 0.15) is 57.8 Å². The van der Waals surface area contributed by atoms with Gasteiger partial charge in [-0.2, -0.15) is 0 Å². The van der Waals surface area contributed by atoms with Crippen molar-refractivity contribution in [2.45, 2.75) is 57.8 Å². The van der Waals surface area contributed by atoms with Crippen molar-refractivity contribution >= 4 is 5.78 Å². The second kappa shape index (κ2) is 3.47. The highest BCUT2D eigenvalue weighted by atomic mass is 16.1. The molecule has 0 heterocycles. The van der Waals surface area contributed by atoms with Crippen molar-refractivity contribution in [1.29, 1.82) is 0 Å². The molecule has 0 radical (unpaired) electrons. The Labute approximate surface area is 91.9 Å². The Kier molecular flexibility index (Phi) is 2.22. The van der Waals surface area contributed by atoms with Crippen LogP contribution in [0.25, 0.3) is 0 Å². The fourth-order valence-corrected chi connectivity index (χ4v) is 3.58. The van der Waals surface area contributed by atoms with E-state index in [0.29, 0.717) is 17.1 Å². The molecule has 0 N–H and O–H groups in total. The molecule has 3 aliphatic rings. The molecule has 0 atom stereocenters. The molecular weight excluding hydrogens is 184 g/mol. The number of carbonyl (C=O) groups is 1. The summed E-state index contributed by atoms with van der Waals surface area (Å²) in [5.41, 5.74) is 1.82. The Morgan fingerprint density at radius 2 is 2.00 bits per heavy atom. The lowest BCUT2D eigenvalue weighted by Gasteiger charge is -2.53. The highest BCUT2D eigenvalue weighted by Crippen LogP contribution is 2.59. The van der Waals surface area contributed by atoms with Gasteiger partial charge in [-0.1, -0.05) is 12.5 Å². The topological polar surface area (TPSA) is 17.1 Å². The molecule has 3 rings (SSSR count). The van der Waals surface area contributed by atoms with Gasteiger partial charge in [0.2, 0.25) is 0 Å². The summed E-state index contributed by atoms with van der Waals surface area (Å²) in [4.78, 5) is 12.1. The molecule has 15 heavy (non-hydrogen) atoms.